The van der Waals surface area contributed by atoms with E-state index in [0.717, 1.165) is 19.3 Å². The maximum atomic E-state index is 12.5. The van der Waals surface area contributed by atoms with Crippen LogP contribution >= 0.6 is 0 Å². The largest absolute Gasteiger partial charge is 0.494 e. The van der Waals surface area contributed by atoms with Crippen LogP contribution in [0.5, 0.6) is 5.75 Å². The third-order valence-electron chi connectivity index (χ3n) is 3.67. The number of ether oxygens (including phenoxy) is 2. The van der Waals surface area contributed by atoms with Crippen molar-refractivity contribution in [2.24, 2.45) is 5.73 Å². The molecule has 2 N–H and O–H groups in total. The topological polar surface area (TPSA) is 77.7 Å². The van der Waals surface area contributed by atoms with Crippen LogP contribution in [0.15, 0.2) is 18.5 Å². The Hall–Kier alpha value is -1.66. The Balaban J connectivity index is 1.88. The lowest BCUT2D eigenvalue weighted by Gasteiger charge is -2.32. The highest BCUT2D eigenvalue weighted by molar-refractivity contribution is 5.96. The van der Waals surface area contributed by atoms with Gasteiger partial charge in [-0.1, -0.05) is 0 Å². The molecule has 1 aromatic rings. The number of carbonyl (C=O) groups excluding carboxylic acids is 1. The van der Waals surface area contributed by atoms with Gasteiger partial charge in [0.05, 0.1) is 25.0 Å². The van der Waals surface area contributed by atoms with Gasteiger partial charge in [-0.3, -0.25) is 9.78 Å². The molecule has 2 rings (SSSR count). The molecule has 0 radical (unpaired) electrons. The van der Waals surface area contributed by atoms with Crippen molar-refractivity contribution >= 4 is 5.91 Å². The predicted molar refractivity (Wildman–Crippen MR) is 79.3 cm³/mol. The molecule has 1 aliphatic rings. The van der Waals surface area contributed by atoms with E-state index in [1.807, 2.05) is 4.90 Å². The van der Waals surface area contributed by atoms with Gasteiger partial charge in [0.25, 0.3) is 5.91 Å². The molecular weight excluding hydrogens is 270 g/mol. The zero-order valence-electron chi connectivity index (χ0n) is 12.5. The van der Waals surface area contributed by atoms with Gasteiger partial charge in [0, 0.05) is 25.9 Å². The molecule has 1 amide bonds. The van der Waals surface area contributed by atoms with Crippen molar-refractivity contribution in [1.29, 1.82) is 0 Å². The van der Waals surface area contributed by atoms with Crippen LogP contribution in [-0.2, 0) is 4.74 Å². The summed E-state index contributed by atoms with van der Waals surface area (Å²) in [5.74, 6) is 0.512. The van der Waals surface area contributed by atoms with Crippen LogP contribution in [0.2, 0.25) is 0 Å². The summed E-state index contributed by atoms with van der Waals surface area (Å²) in [5.41, 5.74) is 6.01. The lowest BCUT2D eigenvalue weighted by Crippen LogP contribution is -2.41. The summed E-state index contributed by atoms with van der Waals surface area (Å²) in [4.78, 5) is 18.3. The van der Waals surface area contributed by atoms with Crippen molar-refractivity contribution in [2.45, 2.75) is 25.4 Å². The Morgan fingerprint density at radius 1 is 1.48 bits per heavy atom. The van der Waals surface area contributed by atoms with Gasteiger partial charge in [-0.15, -0.1) is 0 Å². The molecule has 1 saturated heterocycles. The van der Waals surface area contributed by atoms with E-state index >= 15 is 0 Å². The third kappa shape index (κ3) is 4.15. The van der Waals surface area contributed by atoms with E-state index in [1.54, 1.807) is 25.6 Å². The SMILES string of the molecule is COc1cnccc1C(=O)N1CCC(OCCCN)CC1. The van der Waals surface area contributed by atoms with Crippen LogP contribution in [0, 0.1) is 0 Å². The first-order valence-corrected chi connectivity index (χ1v) is 7.35. The fraction of sp³-hybridized carbons (Fsp3) is 0.600. The summed E-state index contributed by atoms with van der Waals surface area (Å²) >= 11 is 0. The van der Waals surface area contributed by atoms with E-state index in [4.69, 9.17) is 15.2 Å². The Kier molecular flexibility index (Phi) is 5.95. The van der Waals surface area contributed by atoms with E-state index in [1.165, 1.54) is 0 Å². The number of nitrogens with zero attached hydrogens (tertiary/aromatic N) is 2. The van der Waals surface area contributed by atoms with E-state index < -0.39 is 0 Å². The van der Waals surface area contributed by atoms with Crippen molar-refractivity contribution < 1.29 is 14.3 Å². The number of pyridine rings is 1. The number of hydrogen-bond acceptors (Lipinski definition) is 5. The number of piperidine rings is 1. The molecule has 0 spiro atoms. The maximum Gasteiger partial charge on any atom is 0.257 e. The molecule has 0 atom stereocenters. The first-order valence-electron chi connectivity index (χ1n) is 7.35. The van der Waals surface area contributed by atoms with Crippen LogP contribution in [0.4, 0.5) is 0 Å². The van der Waals surface area contributed by atoms with Crippen molar-refractivity contribution in [3.63, 3.8) is 0 Å². The molecule has 1 fully saturated rings. The number of likely N-dealkylation sites (tertiary alicyclic amines) is 1. The fourth-order valence-corrected chi connectivity index (χ4v) is 2.45. The second-order valence-electron chi connectivity index (χ2n) is 5.08. The van der Waals surface area contributed by atoms with E-state index in [-0.39, 0.29) is 12.0 Å². The van der Waals surface area contributed by atoms with Crippen molar-refractivity contribution in [3.8, 4) is 5.75 Å². The monoisotopic (exact) mass is 293 g/mol. The van der Waals surface area contributed by atoms with Crippen LogP contribution in [0.25, 0.3) is 0 Å². The van der Waals surface area contributed by atoms with Crippen molar-refractivity contribution in [1.82, 2.24) is 9.88 Å². The smallest absolute Gasteiger partial charge is 0.257 e. The van der Waals surface area contributed by atoms with E-state index in [9.17, 15) is 4.79 Å². The van der Waals surface area contributed by atoms with Crippen LogP contribution in [0.3, 0.4) is 0 Å². The molecular formula is C15H23N3O3. The molecule has 0 unspecified atom stereocenters. The lowest BCUT2D eigenvalue weighted by atomic mass is 10.1. The standard InChI is InChI=1S/C15H23N3O3/c1-20-14-11-17-7-3-13(14)15(19)18-8-4-12(5-9-18)21-10-2-6-16/h3,7,11-12H,2,4-6,8-10,16H2,1H3. The number of rotatable bonds is 6. The second kappa shape index (κ2) is 7.95. The Bertz CT molecular complexity index is 459. The highest BCUT2D eigenvalue weighted by Gasteiger charge is 2.25. The van der Waals surface area contributed by atoms with Crippen molar-refractivity contribution in [3.05, 3.63) is 24.0 Å². The van der Waals surface area contributed by atoms with E-state index in [0.29, 0.717) is 37.6 Å². The number of hydrogen-bond donors (Lipinski definition) is 1. The highest BCUT2D eigenvalue weighted by atomic mass is 16.5. The third-order valence-corrected chi connectivity index (χ3v) is 3.67. The Labute approximate surface area is 125 Å². The molecule has 6 heteroatoms. The van der Waals surface area contributed by atoms with E-state index in [2.05, 4.69) is 4.98 Å². The Morgan fingerprint density at radius 3 is 2.90 bits per heavy atom. The lowest BCUT2D eigenvalue weighted by molar-refractivity contribution is 0.00837. The summed E-state index contributed by atoms with van der Waals surface area (Å²) < 4.78 is 10.9. The first-order chi connectivity index (χ1) is 10.3. The van der Waals surface area contributed by atoms with Gasteiger partial charge in [0.1, 0.15) is 5.75 Å². The zero-order chi connectivity index (χ0) is 15.1. The normalized spacial score (nSPS) is 16.0. The van der Waals surface area contributed by atoms with Gasteiger partial charge in [0.2, 0.25) is 0 Å². The fourth-order valence-electron chi connectivity index (χ4n) is 2.45. The molecule has 0 aromatic carbocycles. The quantitative estimate of drug-likeness (QED) is 0.794. The maximum absolute atomic E-state index is 12.5. The minimum Gasteiger partial charge on any atom is -0.494 e. The minimum atomic E-state index is -0.00495. The Morgan fingerprint density at radius 2 is 2.24 bits per heavy atom. The molecule has 0 aliphatic carbocycles. The summed E-state index contributed by atoms with van der Waals surface area (Å²) in [6.45, 7) is 2.77. The van der Waals surface area contributed by atoms with Crippen molar-refractivity contribution in [2.75, 3.05) is 33.4 Å². The average Bonchev–Trinajstić information content (AvgIpc) is 2.55. The minimum absolute atomic E-state index is 0.00495. The number of methoxy groups -OCH3 is 1. The van der Waals surface area contributed by atoms with Gasteiger partial charge < -0.3 is 20.1 Å². The number of carbonyl (C=O) groups is 1. The van der Waals surface area contributed by atoms with Crippen LogP contribution < -0.4 is 10.5 Å². The van der Waals surface area contributed by atoms with Gasteiger partial charge in [0.15, 0.2) is 0 Å². The molecule has 116 valence electrons. The molecule has 1 aromatic heterocycles. The number of nitrogens with two attached hydrogens (primary N) is 1. The average molecular weight is 293 g/mol. The second-order valence-corrected chi connectivity index (χ2v) is 5.08. The summed E-state index contributed by atoms with van der Waals surface area (Å²) in [6, 6.07) is 1.70. The summed E-state index contributed by atoms with van der Waals surface area (Å²) in [7, 11) is 1.55. The van der Waals surface area contributed by atoms with Crippen LogP contribution in [0.1, 0.15) is 29.6 Å². The summed E-state index contributed by atoms with van der Waals surface area (Å²) in [6.07, 6.45) is 6.02. The number of amides is 1. The highest BCUT2D eigenvalue weighted by Crippen LogP contribution is 2.21. The number of aromatic nitrogens is 1. The molecule has 0 bridgehead atoms. The van der Waals surface area contributed by atoms with Gasteiger partial charge in [-0.2, -0.15) is 0 Å². The van der Waals surface area contributed by atoms with Gasteiger partial charge in [-0.25, -0.2) is 0 Å². The first kappa shape index (κ1) is 15.7. The predicted octanol–water partition coefficient (Wildman–Crippen LogP) is 1.06. The van der Waals surface area contributed by atoms with Crippen LogP contribution in [-0.4, -0.2) is 55.2 Å². The molecule has 1 aliphatic heterocycles. The molecule has 6 nitrogen and oxygen atoms in total. The zero-order valence-corrected chi connectivity index (χ0v) is 12.5. The molecule has 2 heterocycles. The molecule has 0 saturated carbocycles. The molecule has 21 heavy (non-hydrogen) atoms. The summed E-state index contributed by atoms with van der Waals surface area (Å²) in [5, 5.41) is 0. The van der Waals surface area contributed by atoms with Gasteiger partial charge >= 0.3 is 0 Å². The van der Waals surface area contributed by atoms with Gasteiger partial charge in [-0.05, 0) is 31.9 Å².